The van der Waals surface area contributed by atoms with Crippen molar-refractivity contribution in [2.45, 2.75) is 33.1 Å². The lowest BCUT2D eigenvalue weighted by Crippen LogP contribution is -1.99. The van der Waals surface area contributed by atoms with Crippen molar-refractivity contribution >= 4 is 0 Å². The summed E-state index contributed by atoms with van der Waals surface area (Å²) in [5.41, 5.74) is 0. The second-order valence-corrected chi connectivity index (χ2v) is 3.38. The van der Waals surface area contributed by atoms with E-state index in [9.17, 15) is 0 Å². The minimum Gasteiger partial charge on any atom is -0.494 e. The van der Waals surface area contributed by atoms with E-state index in [1.54, 1.807) is 0 Å². The van der Waals surface area contributed by atoms with Crippen LogP contribution in [-0.2, 0) is 4.74 Å². The van der Waals surface area contributed by atoms with Crippen molar-refractivity contribution in [3.8, 4) is 0 Å². The Balaban J connectivity index is 2.21. The number of ether oxygens (including phenoxy) is 1. The fourth-order valence-electron chi connectivity index (χ4n) is 1.15. The van der Waals surface area contributed by atoms with Gasteiger partial charge in [0.1, 0.15) is 5.76 Å². The third-order valence-electron chi connectivity index (χ3n) is 2.05. The van der Waals surface area contributed by atoms with Crippen molar-refractivity contribution in [1.82, 2.24) is 0 Å². The zero-order valence-corrected chi connectivity index (χ0v) is 8.05. The fraction of sp³-hybridized carbons (Fsp3) is 0.636. The molecule has 1 aliphatic carbocycles. The summed E-state index contributed by atoms with van der Waals surface area (Å²) in [6.07, 6.45) is 9.96. The normalized spacial score (nSPS) is 22.2. The lowest BCUT2D eigenvalue weighted by molar-refractivity contribution is 0.216. The van der Waals surface area contributed by atoms with Crippen LogP contribution in [0.25, 0.3) is 0 Å². The zero-order valence-electron chi connectivity index (χ0n) is 8.05. The molecule has 1 unspecified atom stereocenters. The zero-order chi connectivity index (χ0) is 8.81. The van der Waals surface area contributed by atoms with Gasteiger partial charge in [-0.1, -0.05) is 26.3 Å². The van der Waals surface area contributed by atoms with E-state index in [1.165, 1.54) is 6.42 Å². The highest BCUT2D eigenvalue weighted by Gasteiger charge is 2.02. The molecular weight excluding hydrogens is 148 g/mol. The van der Waals surface area contributed by atoms with E-state index in [0.29, 0.717) is 5.92 Å². The van der Waals surface area contributed by atoms with Gasteiger partial charge in [-0.3, -0.25) is 0 Å². The number of hydrogen-bond acceptors (Lipinski definition) is 1. The predicted octanol–water partition coefficient (Wildman–Crippen LogP) is 3.28. The number of unbranched alkanes of at least 4 members (excludes halogenated alkanes) is 1. The van der Waals surface area contributed by atoms with Crippen molar-refractivity contribution in [1.29, 1.82) is 0 Å². The standard InChI is InChI=1S/C11H18O/c1-3-4-9-12-11-7-5-10(2)6-8-11/h5,7-8,10H,3-4,6,9H2,1-2H3. The molecule has 0 saturated heterocycles. The molecule has 0 N–H and O–H groups in total. The van der Waals surface area contributed by atoms with E-state index in [-0.39, 0.29) is 0 Å². The van der Waals surface area contributed by atoms with Gasteiger partial charge < -0.3 is 4.74 Å². The highest BCUT2D eigenvalue weighted by molar-refractivity contribution is 5.17. The van der Waals surface area contributed by atoms with Crippen LogP contribution >= 0.6 is 0 Å². The van der Waals surface area contributed by atoms with Crippen molar-refractivity contribution in [2.75, 3.05) is 6.61 Å². The van der Waals surface area contributed by atoms with E-state index in [1.807, 2.05) is 0 Å². The molecule has 1 heteroatoms. The summed E-state index contributed by atoms with van der Waals surface area (Å²) in [4.78, 5) is 0. The maximum atomic E-state index is 5.55. The molecular formula is C11H18O. The van der Waals surface area contributed by atoms with E-state index < -0.39 is 0 Å². The van der Waals surface area contributed by atoms with Gasteiger partial charge in [-0.2, -0.15) is 0 Å². The average molecular weight is 166 g/mol. The van der Waals surface area contributed by atoms with E-state index in [2.05, 4.69) is 32.1 Å². The Hall–Kier alpha value is -0.720. The summed E-state index contributed by atoms with van der Waals surface area (Å²) < 4.78 is 5.55. The van der Waals surface area contributed by atoms with Gasteiger partial charge in [0.15, 0.2) is 0 Å². The number of rotatable bonds is 4. The molecule has 68 valence electrons. The quantitative estimate of drug-likeness (QED) is 0.582. The summed E-state index contributed by atoms with van der Waals surface area (Å²) in [7, 11) is 0. The molecule has 0 saturated carbocycles. The highest BCUT2D eigenvalue weighted by atomic mass is 16.5. The van der Waals surface area contributed by atoms with E-state index in [4.69, 9.17) is 4.74 Å². The Morgan fingerprint density at radius 1 is 1.58 bits per heavy atom. The Morgan fingerprint density at radius 2 is 2.42 bits per heavy atom. The molecule has 0 fully saturated rings. The van der Waals surface area contributed by atoms with Gasteiger partial charge in [-0.25, -0.2) is 0 Å². The van der Waals surface area contributed by atoms with Crippen molar-refractivity contribution in [3.05, 3.63) is 24.0 Å². The smallest absolute Gasteiger partial charge is 0.115 e. The van der Waals surface area contributed by atoms with Crippen LogP contribution in [0.5, 0.6) is 0 Å². The summed E-state index contributed by atoms with van der Waals surface area (Å²) in [5, 5.41) is 0. The molecule has 0 bridgehead atoms. The largest absolute Gasteiger partial charge is 0.494 e. The van der Waals surface area contributed by atoms with E-state index in [0.717, 1.165) is 25.2 Å². The fourth-order valence-corrected chi connectivity index (χ4v) is 1.15. The predicted molar refractivity (Wildman–Crippen MR) is 51.9 cm³/mol. The average Bonchev–Trinajstić information content (AvgIpc) is 2.09. The molecule has 0 heterocycles. The van der Waals surface area contributed by atoms with Gasteiger partial charge in [-0.05, 0) is 30.9 Å². The summed E-state index contributed by atoms with van der Waals surface area (Å²) >= 11 is 0. The number of hydrogen-bond donors (Lipinski definition) is 0. The Labute approximate surface area is 75.1 Å². The molecule has 0 aromatic carbocycles. The first-order valence-corrected chi connectivity index (χ1v) is 4.84. The molecule has 0 spiro atoms. The van der Waals surface area contributed by atoms with Crippen LogP contribution in [0.15, 0.2) is 24.0 Å². The number of allylic oxidation sites excluding steroid dienone is 3. The van der Waals surface area contributed by atoms with Crippen LogP contribution in [-0.4, -0.2) is 6.61 Å². The van der Waals surface area contributed by atoms with Crippen LogP contribution in [0.3, 0.4) is 0 Å². The first-order valence-electron chi connectivity index (χ1n) is 4.84. The van der Waals surface area contributed by atoms with Crippen molar-refractivity contribution in [2.24, 2.45) is 5.92 Å². The summed E-state index contributed by atoms with van der Waals surface area (Å²) in [6, 6.07) is 0. The second kappa shape index (κ2) is 5.02. The van der Waals surface area contributed by atoms with Crippen LogP contribution in [0, 0.1) is 5.92 Å². The third kappa shape index (κ3) is 3.12. The molecule has 0 amide bonds. The highest BCUT2D eigenvalue weighted by Crippen LogP contribution is 2.16. The first kappa shape index (κ1) is 9.37. The first-order chi connectivity index (χ1) is 5.83. The maximum absolute atomic E-state index is 5.55. The van der Waals surface area contributed by atoms with Crippen molar-refractivity contribution < 1.29 is 4.74 Å². The molecule has 0 aliphatic heterocycles. The monoisotopic (exact) mass is 166 g/mol. The van der Waals surface area contributed by atoms with Crippen LogP contribution < -0.4 is 0 Å². The summed E-state index contributed by atoms with van der Waals surface area (Å²) in [5.74, 6) is 1.74. The van der Waals surface area contributed by atoms with Gasteiger partial charge in [0.25, 0.3) is 0 Å². The van der Waals surface area contributed by atoms with Gasteiger partial charge >= 0.3 is 0 Å². The lowest BCUT2D eigenvalue weighted by atomic mass is 10.0. The second-order valence-electron chi connectivity index (χ2n) is 3.38. The van der Waals surface area contributed by atoms with Gasteiger partial charge in [0.05, 0.1) is 6.61 Å². The maximum Gasteiger partial charge on any atom is 0.115 e. The SMILES string of the molecule is CCCCOC1=CCC(C)C=C1. The Kier molecular flexibility index (Phi) is 3.92. The Bertz CT molecular complexity index is 179. The van der Waals surface area contributed by atoms with Crippen LogP contribution in [0.2, 0.25) is 0 Å². The minimum atomic E-state index is 0.684. The molecule has 0 radical (unpaired) electrons. The van der Waals surface area contributed by atoms with Gasteiger partial charge in [0, 0.05) is 0 Å². The molecule has 12 heavy (non-hydrogen) atoms. The molecule has 1 aliphatic rings. The third-order valence-corrected chi connectivity index (χ3v) is 2.05. The van der Waals surface area contributed by atoms with Crippen molar-refractivity contribution in [3.63, 3.8) is 0 Å². The molecule has 0 aromatic heterocycles. The topological polar surface area (TPSA) is 9.23 Å². The van der Waals surface area contributed by atoms with Gasteiger partial charge in [0.2, 0.25) is 0 Å². The minimum absolute atomic E-state index is 0.684. The molecule has 1 nitrogen and oxygen atoms in total. The summed E-state index contributed by atoms with van der Waals surface area (Å²) in [6.45, 7) is 5.26. The lowest BCUT2D eigenvalue weighted by Gasteiger charge is -2.12. The van der Waals surface area contributed by atoms with E-state index >= 15 is 0 Å². The molecule has 1 rings (SSSR count). The van der Waals surface area contributed by atoms with Crippen LogP contribution in [0.1, 0.15) is 33.1 Å². The van der Waals surface area contributed by atoms with Gasteiger partial charge in [-0.15, -0.1) is 0 Å². The van der Waals surface area contributed by atoms with Crippen LogP contribution in [0.4, 0.5) is 0 Å². The molecule has 1 atom stereocenters. The molecule has 0 aromatic rings. The Morgan fingerprint density at radius 3 is 3.00 bits per heavy atom.